The number of aromatic hydroxyl groups is 1. The van der Waals surface area contributed by atoms with Gasteiger partial charge < -0.3 is 14.9 Å². The maximum Gasteiger partial charge on any atom is 0.258 e. The molecule has 2 aromatic heterocycles. The number of aromatic nitrogens is 2. The maximum absolute atomic E-state index is 12.4. The van der Waals surface area contributed by atoms with Gasteiger partial charge in [-0.3, -0.25) is 19.0 Å². The van der Waals surface area contributed by atoms with Gasteiger partial charge in [-0.25, -0.2) is 4.98 Å². The molecule has 0 amide bonds. The summed E-state index contributed by atoms with van der Waals surface area (Å²) in [5.74, 6) is 0.488. The van der Waals surface area contributed by atoms with Crippen LogP contribution in [0.3, 0.4) is 0 Å². The molecule has 0 radical (unpaired) electrons. The van der Waals surface area contributed by atoms with Gasteiger partial charge >= 0.3 is 0 Å². The van der Waals surface area contributed by atoms with Gasteiger partial charge in [0.25, 0.3) is 5.56 Å². The topological polar surface area (TPSA) is 90.5 Å². The highest BCUT2D eigenvalue weighted by atomic mass is 16.5. The Hall–Kier alpha value is -2.00. The highest BCUT2D eigenvalue weighted by Gasteiger charge is 2.33. The van der Waals surface area contributed by atoms with E-state index in [1.54, 1.807) is 24.4 Å². The summed E-state index contributed by atoms with van der Waals surface area (Å²) in [7, 11) is 0. The van der Waals surface area contributed by atoms with Crippen molar-refractivity contribution in [3.63, 3.8) is 0 Å². The van der Waals surface area contributed by atoms with Crippen molar-refractivity contribution in [2.45, 2.75) is 31.8 Å². The Morgan fingerprint density at radius 1 is 1.24 bits per heavy atom. The first-order valence-corrected chi connectivity index (χ1v) is 10.5. The Morgan fingerprint density at radius 3 is 2.86 bits per heavy atom. The molecule has 0 saturated carbocycles. The van der Waals surface area contributed by atoms with Gasteiger partial charge in [0, 0.05) is 57.6 Å². The van der Waals surface area contributed by atoms with Crippen molar-refractivity contribution in [2.24, 2.45) is 5.92 Å². The highest BCUT2D eigenvalue weighted by Crippen LogP contribution is 2.28. The zero-order chi connectivity index (χ0) is 20.2. The van der Waals surface area contributed by atoms with Crippen LogP contribution in [0.15, 0.2) is 29.2 Å². The van der Waals surface area contributed by atoms with Gasteiger partial charge in [0.1, 0.15) is 0 Å². The van der Waals surface area contributed by atoms with Gasteiger partial charge in [0.15, 0.2) is 11.4 Å². The van der Waals surface area contributed by atoms with E-state index < -0.39 is 0 Å². The molecule has 2 atom stereocenters. The number of pyridine rings is 1. The third-order valence-corrected chi connectivity index (χ3v) is 6.13. The largest absolute Gasteiger partial charge is 0.504 e. The average Bonchev–Trinajstić information content (AvgIpc) is 2.74. The van der Waals surface area contributed by atoms with Crippen LogP contribution in [0.4, 0.5) is 0 Å². The van der Waals surface area contributed by atoms with Crippen molar-refractivity contribution in [1.29, 1.82) is 0 Å². The maximum atomic E-state index is 12.4. The molecule has 0 aromatic carbocycles. The van der Waals surface area contributed by atoms with Crippen LogP contribution in [0.2, 0.25) is 0 Å². The molecular formula is C21H30N4O4. The number of ether oxygens (including phenoxy) is 1. The van der Waals surface area contributed by atoms with Crippen molar-refractivity contribution in [3.05, 3.63) is 40.4 Å². The lowest BCUT2D eigenvalue weighted by molar-refractivity contribution is -0.0232. The molecule has 8 heteroatoms. The number of morpholine rings is 1. The van der Waals surface area contributed by atoms with Crippen LogP contribution in [0, 0.1) is 5.92 Å². The van der Waals surface area contributed by atoms with Crippen LogP contribution in [-0.4, -0.2) is 81.4 Å². The fourth-order valence-electron chi connectivity index (χ4n) is 4.73. The van der Waals surface area contributed by atoms with Gasteiger partial charge in [-0.1, -0.05) is 0 Å². The summed E-state index contributed by atoms with van der Waals surface area (Å²) in [4.78, 5) is 21.8. The molecule has 4 rings (SSSR count). The van der Waals surface area contributed by atoms with E-state index in [0.717, 1.165) is 58.7 Å². The van der Waals surface area contributed by atoms with E-state index in [0.29, 0.717) is 29.8 Å². The lowest BCUT2D eigenvalue weighted by Crippen LogP contribution is -2.53. The summed E-state index contributed by atoms with van der Waals surface area (Å²) >= 11 is 0. The molecule has 29 heavy (non-hydrogen) atoms. The van der Waals surface area contributed by atoms with Crippen LogP contribution < -0.4 is 5.56 Å². The highest BCUT2D eigenvalue weighted by molar-refractivity contribution is 5.52. The first-order valence-electron chi connectivity index (χ1n) is 10.5. The predicted molar refractivity (Wildman–Crippen MR) is 109 cm³/mol. The Kier molecular flexibility index (Phi) is 6.44. The smallest absolute Gasteiger partial charge is 0.258 e. The number of hydrogen-bond donors (Lipinski definition) is 2. The molecule has 158 valence electrons. The molecule has 0 aliphatic carbocycles. The first-order chi connectivity index (χ1) is 14.2. The van der Waals surface area contributed by atoms with Crippen LogP contribution in [-0.2, 0) is 11.3 Å². The van der Waals surface area contributed by atoms with Crippen molar-refractivity contribution in [1.82, 2.24) is 19.2 Å². The fourth-order valence-corrected chi connectivity index (χ4v) is 4.73. The lowest BCUT2D eigenvalue weighted by atomic mass is 9.86. The summed E-state index contributed by atoms with van der Waals surface area (Å²) in [6.45, 7) is 6.21. The van der Waals surface area contributed by atoms with Crippen molar-refractivity contribution in [2.75, 3.05) is 46.0 Å². The van der Waals surface area contributed by atoms with Gasteiger partial charge in [0.2, 0.25) is 0 Å². The second-order valence-electron chi connectivity index (χ2n) is 8.04. The summed E-state index contributed by atoms with van der Waals surface area (Å²) in [6, 6.07) is 5.25. The van der Waals surface area contributed by atoms with E-state index in [9.17, 15) is 15.0 Å². The number of fused-ring (bicyclic) bond motifs is 1. The molecule has 0 bridgehead atoms. The molecule has 2 fully saturated rings. The SMILES string of the molecule is O=c1cc(CN2CC[C@H](N3CCOCC3)[C@H](CCCO)C2)nc2c(O)cccn12. The number of aliphatic hydroxyl groups excluding tert-OH is 1. The van der Waals surface area contributed by atoms with E-state index in [4.69, 9.17) is 4.74 Å². The third kappa shape index (κ3) is 4.61. The van der Waals surface area contributed by atoms with E-state index in [2.05, 4.69) is 14.8 Å². The van der Waals surface area contributed by atoms with Gasteiger partial charge in [0.05, 0.1) is 18.9 Å². The summed E-state index contributed by atoms with van der Waals surface area (Å²) in [5, 5.41) is 19.4. The van der Waals surface area contributed by atoms with Gasteiger partial charge in [-0.15, -0.1) is 0 Å². The van der Waals surface area contributed by atoms with Gasteiger partial charge in [-0.2, -0.15) is 0 Å². The molecule has 2 N–H and O–H groups in total. The van der Waals surface area contributed by atoms with Crippen LogP contribution in [0.1, 0.15) is 25.0 Å². The quantitative estimate of drug-likeness (QED) is 0.735. The van der Waals surface area contributed by atoms with Crippen molar-refractivity contribution < 1.29 is 14.9 Å². The number of aliphatic hydroxyl groups is 1. The molecule has 0 spiro atoms. The van der Waals surface area contributed by atoms with Gasteiger partial charge in [-0.05, 0) is 37.3 Å². The minimum Gasteiger partial charge on any atom is -0.504 e. The molecule has 2 aliphatic rings. The minimum absolute atomic E-state index is 0.0123. The van der Waals surface area contributed by atoms with E-state index in [-0.39, 0.29) is 17.9 Å². The average molecular weight is 402 g/mol. The molecule has 2 aliphatic heterocycles. The lowest BCUT2D eigenvalue weighted by Gasteiger charge is -2.45. The van der Waals surface area contributed by atoms with Crippen LogP contribution >= 0.6 is 0 Å². The zero-order valence-electron chi connectivity index (χ0n) is 16.7. The predicted octanol–water partition coefficient (Wildman–Crippen LogP) is 0.695. The number of likely N-dealkylation sites (tertiary alicyclic amines) is 1. The van der Waals surface area contributed by atoms with Crippen LogP contribution in [0.25, 0.3) is 5.65 Å². The normalized spacial score (nSPS) is 24.2. The Bertz CT molecular complexity index is 881. The molecule has 2 aromatic rings. The van der Waals surface area contributed by atoms with Crippen molar-refractivity contribution in [3.8, 4) is 5.75 Å². The number of piperidine rings is 1. The van der Waals surface area contributed by atoms with E-state index >= 15 is 0 Å². The monoisotopic (exact) mass is 402 g/mol. The number of hydrogen-bond acceptors (Lipinski definition) is 7. The summed E-state index contributed by atoms with van der Waals surface area (Å²) < 4.78 is 6.88. The Labute approximate surface area is 170 Å². The first kappa shape index (κ1) is 20.3. The Morgan fingerprint density at radius 2 is 2.07 bits per heavy atom. The molecule has 8 nitrogen and oxygen atoms in total. The van der Waals surface area contributed by atoms with E-state index in [1.165, 1.54) is 4.40 Å². The van der Waals surface area contributed by atoms with E-state index in [1.807, 2.05) is 0 Å². The zero-order valence-corrected chi connectivity index (χ0v) is 16.7. The second kappa shape index (κ2) is 9.21. The summed E-state index contributed by atoms with van der Waals surface area (Å²) in [5.41, 5.74) is 0.804. The summed E-state index contributed by atoms with van der Waals surface area (Å²) in [6.07, 6.45) is 4.48. The van der Waals surface area contributed by atoms with Crippen molar-refractivity contribution >= 4 is 5.65 Å². The standard InChI is InChI=1S/C21H30N4O4/c26-10-2-3-16-14-23(7-5-18(16)24-8-11-29-12-9-24)15-17-13-20(28)25-6-1-4-19(27)21(25)22-17/h1,4,6,13,16,18,26-27H,2-3,5,7-12,14-15H2/t16-,18+/m1/s1. The molecule has 0 unspecified atom stereocenters. The molecular weight excluding hydrogens is 372 g/mol. The molecule has 2 saturated heterocycles. The second-order valence-corrected chi connectivity index (χ2v) is 8.04. The number of nitrogens with zero attached hydrogens (tertiary/aromatic N) is 4. The minimum atomic E-state index is -0.180. The third-order valence-electron chi connectivity index (χ3n) is 6.13. The van der Waals surface area contributed by atoms with Crippen LogP contribution in [0.5, 0.6) is 5.75 Å². The number of rotatable bonds is 6. The Balaban J connectivity index is 1.49. The molecule has 4 heterocycles. The fraction of sp³-hybridized carbons (Fsp3) is 0.619.